The molecule has 1 amide bonds. The molecule has 104 valence electrons. The molecule has 0 aliphatic carbocycles. The van der Waals surface area contributed by atoms with Gasteiger partial charge in [0.2, 0.25) is 5.91 Å². The van der Waals surface area contributed by atoms with Crippen LogP contribution < -0.4 is 10.6 Å². The quantitative estimate of drug-likeness (QED) is 0.625. The van der Waals surface area contributed by atoms with Crippen molar-refractivity contribution in [2.45, 2.75) is 32.9 Å². The van der Waals surface area contributed by atoms with Crippen molar-refractivity contribution in [3.8, 4) is 0 Å². The molecule has 0 aromatic heterocycles. The lowest BCUT2D eigenvalue weighted by Crippen LogP contribution is -2.43. The summed E-state index contributed by atoms with van der Waals surface area (Å²) >= 11 is 0. The van der Waals surface area contributed by atoms with Crippen molar-refractivity contribution in [1.82, 2.24) is 10.6 Å². The van der Waals surface area contributed by atoms with Gasteiger partial charge in [-0.25, -0.2) is 0 Å². The standard InChI is InChI=1S/C13H19N3O3/c1-13(2,3)15-9-12(17)14-8-10-5-4-6-11(7-10)16(18)19/h4-7,15H,8-9H2,1-3H3,(H,14,17). The maximum Gasteiger partial charge on any atom is 0.269 e. The first-order chi connectivity index (χ1) is 8.78. The van der Waals surface area contributed by atoms with Crippen LogP contribution in [0.4, 0.5) is 5.69 Å². The number of nitro groups is 1. The second kappa shape index (κ2) is 6.29. The Morgan fingerprint density at radius 3 is 2.63 bits per heavy atom. The van der Waals surface area contributed by atoms with Crippen molar-refractivity contribution < 1.29 is 9.72 Å². The highest BCUT2D eigenvalue weighted by Crippen LogP contribution is 2.12. The molecule has 0 spiro atoms. The van der Waals surface area contributed by atoms with Gasteiger partial charge in [0.25, 0.3) is 5.69 Å². The summed E-state index contributed by atoms with van der Waals surface area (Å²) in [6.07, 6.45) is 0. The number of nitrogens with zero attached hydrogens (tertiary/aromatic N) is 1. The fraction of sp³-hybridized carbons (Fsp3) is 0.462. The Labute approximate surface area is 112 Å². The summed E-state index contributed by atoms with van der Waals surface area (Å²) in [6.45, 7) is 6.42. The SMILES string of the molecule is CC(C)(C)NCC(=O)NCc1cccc([N+](=O)[O-])c1. The number of rotatable bonds is 5. The molecule has 1 aromatic carbocycles. The minimum absolute atomic E-state index is 0.0274. The van der Waals surface area contributed by atoms with Crippen LogP contribution in [0.15, 0.2) is 24.3 Å². The highest BCUT2D eigenvalue weighted by Gasteiger charge is 2.11. The monoisotopic (exact) mass is 265 g/mol. The zero-order valence-corrected chi connectivity index (χ0v) is 11.4. The van der Waals surface area contributed by atoms with E-state index in [0.717, 1.165) is 0 Å². The molecule has 1 rings (SSSR count). The summed E-state index contributed by atoms with van der Waals surface area (Å²) in [6, 6.07) is 6.22. The van der Waals surface area contributed by atoms with Gasteiger partial charge in [0.05, 0.1) is 11.5 Å². The van der Waals surface area contributed by atoms with Gasteiger partial charge in [-0.1, -0.05) is 12.1 Å². The molecule has 0 heterocycles. The second-order valence-electron chi connectivity index (χ2n) is 5.31. The van der Waals surface area contributed by atoms with Gasteiger partial charge in [-0.05, 0) is 26.3 Å². The van der Waals surface area contributed by atoms with Crippen molar-refractivity contribution in [3.63, 3.8) is 0 Å². The molecule has 6 nitrogen and oxygen atoms in total. The number of hydrogen-bond donors (Lipinski definition) is 2. The van der Waals surface area contributed by atoms with Crippen LogP contribution in [-0.2, 0) is 11.3 Å². The van der Waals surface area contributed by atoms with Crippen LogP contribution in [0.25, 0.3) is 0 Å². The molecule has 0 bridgehead atoms. The maximum absolute atomic E-state index is 11.6. The highest BCUT2D eigenvalue weighted by atomic mass is 16.6. The fourth-order valence-corrected chi connectivity index (χ4v) is 1.39. The van der Waals surface area contributed by atoms with Gasteiger partial charge in [0.15, 0.2) is 0 Å². The van der Waals surface area contributed by atoms with Crippen LogP contribution in [-0.4, -0.2) is 22.9 Å². The van der Waals surface area contributed by atoms with E-state index < -0.39 is 4.92 Å². The van der Waals surface area contributed by atoms with Crippen molar-refractivity contribution in [1.29, 1.82) is 0 Å². The Hall–Kier alpha value is -1.95. The van der Waals surface area contributed by atoms with Crippen LogP contribution >= 0.6 is 0 Å². The van der Waals surface area contributed by atoms with Gasteiger partial charge in [-0.2, -0.15) is 0 Å². The zero-order valence-electron chi connectivity index (χ0n) is 11.4. The minimum atomic E-state index is -0.452. The van der Waals surface area contributed by atoms with Crippen LogP contribution in [0.3, 0.4) is 0 Å². The number of carbonyl (C=O) groups excluding carboxylic acids is 1. The van der Waals surface area contributed by atoms with E-state index in [0.29, 0.717) is 5.56 Å². The van der Waals surface area contributed by atoms with Gasteiger partial charge in [-0.3, -0.25) is 14.9 Å². The van der Waals surface area contributed by atoms with E-state index in [-0.39, 0.29) is 30.2 Å². The number of benzene rings is 1. The molecule has 0 radical (unpaired) electrons. The molecule has 1 aromatic rings. The summed E-state index contributed by atoms with van der Waals surface area (Å²) in [4.78, 5) is 21.7. The summed E-state index contributed by atoms with van der Waals surface area (Å²) in [5, 5.41) is 16.4. The van der Waals surface area contributed by atoms with Gasteiger partial charge in [0, 0.05) is 24.2 Å². The lowest BCUT2D eigenvalue weighted by atomic mass is 10.1. The van der Waals surface area contributed by atoms with Crippen molar-refractivity contribution in [2.24, 2.45) is 0 Å². The smallest absolute Gasteiger partial charge is 0.269 e. The Morgan fingerprint density at radius 1 is 1.37 bits per heavy atom. The molecule has 0 fully saturated rings. The topological polar surface area (TPSA) is 84.3 Å². The number of carbonyl (C=O) groups is 1. The van der Waals surface area contributed by atoms with Crippen molar-refractivity contribution in [3.05, 3.63) is 39.9 Å². The number of amides is 1. The number of nitro benzene ring substituents is 1. The van der Waals surface area contributed by atoms with E-state index in [1.165, 1.54) is 12.1 Å². The molecular weight excluding hydrogens is 246 g/mol. The molecule has 6 heteroatoms. The lowest BCUT2D eigenvalue weighted by molar-refractivity contribution is -0.384. The predicted molar refractivity (Wildman–Crippen MR) is 72.7 cm³/mol. The summed E-state index contributed by atoms with van der Waals surface area (Å²) in [5.74, 6) is -0.138. The third kappa shape index (κ3) is 5.96. The average molecular weight is 265 g/mol. The molecule has 0 saturated heterocycles. The first-order valence-electron chi connectivity index (χ1n) is 6.03. The lowest BCUT2D eigenvalue weighted by Gasteiger charge is -2.19. The van der Waals surface area contributed by atoms with Crippen LogP contribution in [0.5, 0.6) is 0 Å². The van der Waals surface area contributed by atoms with Crippen molar-refractivity contribution >= 4 is 11.6 Å². The predicted octanol–water partition coefficient (Wildman–Crippen LogP) is 1.60. The molecular formula is C13H19N3O3. The third-order valence-electron chi connectivity index (χ3n) is 2.39. The second-order valence-corrected chi connectivity index (χ2v) is 5.31. The minimum Gasteiger partial charge on any atom is -0.351 e. The Balaban J connectivity index is 2.46. The molecule has 2 N–H and O–H groups in total. The molecule has 0 atom stereocenters. The van der Waals surface area contributed by atoms with E-state index in [9.17, 15) is 14.9 Å². The fourth-order valence-electron chi connectivity index (χ4n) is 1.39. The Kier molecular flexibility index (Phi) is 5.00. The average Bonchev–Trinajstić information content (AvgIpc) is 2.33. The Bertz CT molecular complexity index is 466. The number of non-ortho nitro benzene ring substituents is 1. The highest BCUT2D eigenvalue weighted by molar-refractivity contribution is 5.78. The van der Waals surface area contributed by atoms with E-state index in [2.05, 4.69) is 10.6 Å². The van der Waals surface area contributed by atoms with E-state index in [1.807, 2.05) is 20.8 Å². The number of hydrogen-bond acceptors (Lipinski definition) is 4. The normalized spacial score (nSPS) is 11.1. The third-order valence-corrected chi connectivity index (χ3v) is 2.39. The summed E-state index contributed by atoms with van der Waals surface area (Å²) < 4.78 is 0. The van der Waals surface area contributed by atoms with Gasteiger partial charge >= 0.3 is 0 Å². The van der Waals surface area contributed by atoms with Crippen molar-refractivity contribution in [2.75, 3.05) is 6.54 Å². The first-order valence-corrected chi connectivity index (χ1v) is 6.03. The Morgan fingerprint density at radius 2 is 2.05 bits per heavy atom. The molecule has 19 heavy (non-hydrogen) atoms. The summed E-state index contributed by atoms with van der Waals surface area (Å²) in [5.41, 5.74) is 0.612. The van der Waals surface area contributed by atoms with E-state index in [4.69, 9.17) is 0 Å². The van der Waals surface area contributed by atoms with E-state index >= 15 is 0 Å². The van der Waals surface area contributed by atoms with Crippen LogP contribution in [0.2, 0.25) is 0 Å². The summed E-state index contributed by atoms with van der Waals surface area (Å²) in [7, 11) is 0. The number of nitrogens with one attached hydrogen (secondary N) is 2. The molecule has 0 unspecified atom stereocenters. The maximum atomic E-state index is 11.6. The molecule has 0 aliphatic rings. The molecule has 0 aliphatic heterocycles. The first kappa shape index (κ1) is 15.1. The largest absolute Gasteiger partial charge is 0.351 e. The van der Waals surface area contributed by atoms with Crippen LogP contribution in [0.1, 0.15) is 26.3 Å². The zero-order chi connectivity index (χ0) is 14.5. The van der Waals surface area contributed by atoms with E-state index in [1.54, 1.807) is 12.1 Å². The van der Waals surface area contributed by atoms with Crippen LogP contribution in [0, 0.1) is 10.1 Å². The van der Waals surface area contributed by atoms with Gasteiger partial charge in [0.1, 0.15) is 0 Å². The molecule has 0 saturated carbocycles. The van der Waals surface area contributed by atoms with Gasteiger partial charge in [-0.15, -0.1) is 0 Å². The van der Waals surface area contributed by atoms with Gasteiger partial charge < -0.3 is 10.6 Å².